The van der Waals surface area contributed by atoms with Gasteiger partial charge in [-0.05, 0) is 40.8 Å². The van der Waals surface area contributed by atoms with E-state index in [0.717, 1.165) is 18.8 Å². The van der Waals surface area contributed by atoms with Gasteiger partial charge in [0, 0.05) is 0 Å². The van der Waals surface area contributed by atoms with Crippen LogP contribution >= 0.6 is 0 Å². The third-order valence-electron chi connectivity index (χ3n) is 4.89. The summed E-state index contributed by atoms with van der Waals surface area (Å²) in [4.78, 5) is 0. The van der Waals surface area contributed by atoms with Crippen molar-refractivity contribution in [2.75, 3.05) is 6.61 Å². The summed E-state index contributed by atoms with van der Waals surface area (Å²) in [6.45, 7) is 3.09. The van der Waals surface area contributed by atoms with E-state index in [1.54, 1.807) is 0 Å². The molecule has 0 bridgehead atoms. The van der Waals surface area contributed by atoms with Crippen molar-refractivity contribution in [1.82, 2.24) is 0 Å². The minimum Gasteiger partial charge on any atom is -0.494 e. The average molecular weight is 296 g/mol. The maximum atomic E-state index is 5.92. The van der Waals surface area contributed by atoms with Gasteiger partial charge in [0.15, 0.2) is 0 Å². The Hall–Kier alpha value is -1.54. The monoisotopic (exact) mass is 296 g/mol. The lowest BCUT2D eigenvalue weighted by atomic mass is 9.76. The first-order valence-corrected chi connectivity index (χ1v) is 8.74. The van der Waals surface area contributed by atoms with Gasteiger partial charge in [0.2, 0.25) is 0 Å². The molecule has 0 N–H and O–H groups in total. The van der Waals surface area contributed by atoms with Gasteiger partial charge in [0.1, 0.15) is 18.0 Å². The van der Waals surface area contributed by atoms with Crippen LogP contribution in [-0.4, -0.2) is 18.8 Å². The molecule has 0 spiro atoms. The quantitative estimate of drug-likeness (QED) is 0.498. The van der Waals surface area contributed by atoms with E-state index in [1.807, 2.05) is 0 Å². The molecule has 2 atom stereocenters. The Balaban J connectivity index is 1.28. The van der Waals surface area contributed by atoms with Crippen LogP contribution in [0.15, 0.2) is 30.4 Å². The minimum atomic E-state index is 0.336. The molecule has 1 aromatic rings. The lowest BCUT2D eigenvalue weighted by Crippen LogP contribution is -2.14. The van der Waals surface area contributed by atoms with Crippen LogP contribution in [0.1, 0.15) is 56.6 Å². The molecule has 2 unspecified atom stereocenters. The number of ether oxygens (including phenoxy) is 2. The van der Waals surface area contributed by atoms with Crippen LogP contribution in [-0.2, 0) is 4.74 Å². The largest absolute Gasteiger partial charge is 0.494 e. The molecule has 1 aliphatic heterocycles. The fourth-order valence-corrected chi connectivity index (χ4v) is 3.55. The van der Waals surface area contributed by atoms with Crippen molar-refractivity contribution >= 4 is 11.1 Å². The first kappa shape index (κ1) is 14.1. The first-order valence-electron chi connectivity index (χ1n) is 8.74. The van der Waals surface area contributed by atoms with Gasteiger partial charge in [-0.25, -0.2) is 0 Å². The number of unbranched alkanes of at least 4 members (excludes halogenated alkanes) is 5. The number of benzene rings is 1. The van der Waals surface area contributed by atoms with Crippen LogP contribution in [0.3, 0.4) is 0 Å². The molecule has 2 aliphatic carbocycles. The number of allylic oxidation sites excluding steroid dienone is 2. The predicted octanol–water partition coefficient (Wildman–Crippen LogP) is 4.99. The van der Waals surface area contributed by atoms with Crippen LogP contribution in [0.4, 0.5) is 0 Å². The Labute approximate surface area is 132 Å². The number of rotatable bonds is 8. The molecule has 0 radical (unpaired) electrons. The smallest absolute Gasteiger partial charge is 0.119 e. The van der Waals surface area contributed by atoms with Gasteiger partial charge in [0.05, 0.1) is 6.61 Å². The molecule has 1 fully saturated rings. The predicted molar refractivity (Wildman–Crippen MR) is 89.9 cm³/mol. The summed E-state index contributed by atoms with van der Waals surface area (Å²) in [5, 5.41) is 0. The molecule has 3 aliphatic rings. The molecule has 22 heavy (non-hydrogen) atoms. The van der Waals surface area contributed by atoms with Crippen LogP contribution < -0.4 is 4.74 Å². The molecule has 116 valence electrons. The van der Waals surface area contributed by atoms with Gasteiger partial charge in [-0.3, -0.25) is 0 Å². The number of epoxide rings is 1. The van der Waals surface area contributed by atoms with Crippen LogP contribution in [0.2, 0.25) is 0 Å². The topological polar surface area (TPSA) is 21.8 Å². The zero-order valence-electron chi connectivity index (χ0n) is 13.3. The van der Waals surface area contributed by atoms with Crippen molar-refractivity contribution in [1.29, 1.82) is 0 Å². The molecule has 1 aromatic carbocycles. The fourth-order valence-electron chi connectivity index (χ4n) is 3.55. The lowest BCUT2D eigenvalue weighted by molar-refractivity contribution is 0.304. The standard InChI is InChI=1S/C20H24O2/c1-2-3-4-5-6-7-12-21-14-8-9-15-17(13-14)16-10-11-18-20(22-18)19(15)16/h8-11,13,18,20H,2-7,12H2,1H3. The highest BCUT2D eigenvalue weighted by molar-refractivity contribution is 6.11. The molecule has 2 heteroatoms. The van der Waals surface area contributed by atoms with Gasteiger partial charge < -0.3 is 9.47 Å². The van der Waals surface area contributed by atoms with E-state index < -0.39 is 0 Å². The molecule has 4 rings (SSSR count). The maximum Gasteiger partial charge on any atom is 0.119 e. The lowest BCUT2D eigenvalue weighted by Gasteiger charge is -2.27. The molecule has 1 saturated heterocycles. The van der Waals surface area contributed by atoms with E-state index >= 15 is 0 Å². The van der Waals surface area contributed by atoms with Crippen LogP contribution in [0.5, 0.6) is 5.75 Å². The van der Waals surface area contributed by atoms with Crippen LogP contribution in [0.25, 0.3) is 11.1 Å². The second kappa shape index (κ2) is 5.92. The molecule has 0 amide bonds. The summed E-state index contributed by atoms with van der Waals surface area (Å²) in [6.07, 6.45) is 12.9. The second-order valence-corrected chi connectivity index (χ2v) is 6.53. The van der Waals surface area contributed by atoms with Gasteiger partial charge in [0.25, 0.3) is 0 Å². The summed E-state index contributed by atoms with van der Waals surface area (Å²) in [6, 6.07) is 6.50. The Bertz CT molecular complexity index is 627. The molecule has 0 aromatic heterocycles. The van der Waals surface area contributed by atoms with Gasteiger partial charge in [-0.2, -0.15) is 0 Å². The van der Waals surface area contributed by atoms with E-state index in [2.05, 4.69) is 37.3 Å². The summed E-state index contributed by atoms with van der Waals surface area (Å²) in [7, 11) is 0. The summed E-state index contributed by atoms with van der Waals surface area (Å²) < 4.78 is 11.6. The Morgan fingerprint density at radius 3 is 2.82 bits per heavy atom. The van der Waals surface area contributed by atoms with Crippen molar-refractivity contribution in [2.45, 2.75) is 57.7 Å². The Kier molecular flexibility index (Phi) is 3.79. The molecule has 1 heterocycles. The number of hydrogen-bond donors (Lipinski definition) is 0. The maximum absolute atomic E-state index is 5.92. The Morgan fingerprint density at radius 1 is 1.05 bits per heavy atom. The van der Waals surface area contributed by atoms with Gasteiger partial charge in [-0.1, -0.05) is 57.2 Å². The second-order valence-electron chi connectivity index (χ2n) is 6.53. The molecular weight excluding hydrogens is 272 g/mol. The molecular formula is C20H24O2. The minimum absolute atomic E-state index is 0.336. The highest BCUT2D eigenvalue weighted by atomic mass is 16.6. The van der Waals surface area contributed by atoms with Crippen molar-refractivity contribution in [3.8, 4) is 5.75 Å². The van der Waals surface area contributed by atoms with E-state index in [9.17, 15) is 0 Å². The van der Waals surface area contributed by atoms with Gasteiger partial charge in [-0.15, -0.1) is 0 Å². The van der Waals surface area contributed by atoms with E-state index in [4.69, 9.17) is 9.47 Å². The number of fused-ring (bicyclic) bond motifs is 5. The van der Waals surface area contributed by atoms with Gasteiger partial charge >= 0.3 is 0 Å². The summed E-state index contributed by atoms with van der Waals surface area (Å²) >= 11 is 0. The third kappa shape index (κ3) is 2.50. The molecule has 0 saturated carbocycles. The summed E-state index contributed by atoms with van der Waals surface area (Å²) in [5.74, 6) is 1.01. The van der Waals surface area contributed by atoms with Crippen molar-refractivity contribution < 1.29 is 9.47 Å². The average Bonchev–Trinajstić information content (AvgIpc) is 3.29. The van der Waals surface area contributed by atoms with Crippen molar-refractivity contribution in [2.24, 2.45) is 0 Å². The van der Waals surface area contributed by atoms with E-state index in [0.29, 0.717) is 12.2 Å². The highest BCUT2D eigenvalue weighted by Gasteiger charge is 2.47. The SMILES string of the molecule is CCCCCCCCOc1ccc2c(c1)C1=C2C2OC2C=C1. The van der Waals surface area contributed by atoms with Crippen LogP contribution in [0, 0.1) is 0 Å². The summed E-state index contributed by atoms with van der Waals surface area (Å²) in [5.41, 5.74) is 5.46. The highest BCUT2D eigenvalue weighted by Crippen LogP contribution is 2.53. The Morgan fingerprint density at radius 2 is 1.91 bits per heavy atom. The third-order valence-corrected chi connectivity index (χ3v) is 4.89. The van der Waals surface area contributed by atoms with Crippen molar-refractivity contribution in [3.05, 3.63) is 41.5 Å². The van der Waals surface area contributed by atoms with E-state index in [-0.39, 0.29) is 0 Å². The van der Waals surface area contributed by atoms with Crippen molar-refractivity contribution in [3.63, 3.8) is 0 Å². The number of hydrogen-bond acceptors (Lipinski definition) is 2. The normalized spacial score (nSPS) is 23.5. The molecule has 2 nitrogen and oxygen atoms in total. The zero-order valence-corrected chi connectivity index (χ0v) is 13.3. The van der Waals surface area contributed by atoms with E-state index in [1.165, 1.54) is 54.4 Å². The first-order chi connectivity index (χ1) is 10.9. The zero-order chi connectivity index (χ0) is 14.9. The fraction of sp³-hybridized carbons (Fsp3) is 0.500.